The molecule has 0 bridgehead atoms. The molecular weight excluding hydrogens is 384 g/mol. The predicted octanol–water partition coefficient (Wildman–Crippen LogP) is 2.16. The standard InChI is InChI=1S/C19H20N2O6S/c1-25-16-6-2-12(10-18(16)28(23,24)21-13-3-4-13)19(22)20-14-5-7-15-17(11-14)27-9-8-26-15/h2,5-7,10-11,13,21H,3-4,8-9H2,1H3,(H,20,22). The second-order valence-corrected chi connectivity index (χ2v) is 8.26. The van der Waals surface area contributed by atoms with Crippen molar-refractivity contribution in [1.29, 1.82) is 0 Å². The van der Waals surface area contributed by atoms with Crippen LogP contribution in [0, 0.1) is 0 Å². The van der Waals surface area contributed by atoms with Gasteiger partial charge in [-0.2, -0.15) is 0 Å². The van der Waals surface area contributed by atoms with E-state index in [9.17, 15) is 13.2 Å². The van der Waals surface area contributed by atoms with E-state index < -0.39 is 15.9 Å². The van der Waals surface area contributed by atoms with E-state index >= 15 is 0 Å². The van der Waals surface area contributed by atoms with E-state index in [-0.39, 0.29) is 22.3 Å². The Balaban J connectivity index is 1.58. The molecule has 1 aliphatic heterocycles. The Bertz CT molecular complexity index is 1020. The minimum absolute atomic E-state index is 0.0510. The Morgan fingerprint density at radius 2 is 1.82 bits per heavy atom. The fraction of sp³-hybridized carbons (Fsp3) is 0.316. The summed E-state index contributed by atoms with van der Waals surface area (Å²) in [5, 5.41) is 2.75. The largest absolute Gasteiger partial charge is 0.495 e. The van der Waals surface area contributed by atoms with Gasteiger partial charge < -0.3 is 19.5 Å². The monoisotopic (exact) mass is 404 g/mol. The van der Waals surface area contributed by atoms with E-state index in [4.69, 9.17) is 14.2 Å². The van der Waals surface area contributed by atoms with Crippen LogP contribution in [-0.4, -0.2) is 40.7 Å². The van der Waals surface area contributed by atoms with Crippen molar-refractivity contribution in [3.63, 3.8) is 0 Å². The van der Waals surface area contributed by atoms with E-state index in [0.717, 1.165) is 12.8 Å². The Kier molecular flexibility index (Phi) is 4.86. The maximum absolute atomic E-state index is 12.7. The average molecular weight is 404 g/mol. The van der Waals surface area contributed by atoms with Gasteiger partial charge in [-0.1, -0.05) is 0 Å². The third-order valence-electron chi connectivity index (χ3n) is 4.41. The lowest BCUT2D eigenvalue weighted by atomic mass is 10.2. The van der Waals surface area contributed by atoms with Crippen LogP contribution in [0.15, 0.2) is 41.3 Å². The first kappa shape index (κ1) is 18.6. The molecule has 1 aliphatic carbocycles. The summed E-state index contributed by atoms with van der Waals surface area (Å²) in [6.07, 6.45) is 1.62. The van der Waals surface area contributed by atoms with Gasteiger partial charge in [0.05, 0.1) is 7.11 Å². The molecule has 0 aromatic heterocycles. The van der Waals surface area contributed by atoms with Crippen LogP contribution in [0.2, 0.25) is 0 Å². The van der Waals surface area contributed by atoms with E-state index in [0.29, 0.717) is 30.4 Å². The highest BCUT2D eigenvalue weighted by Gasteiger charge is 2.30. The fourth-order valence-electron chi connectivity index (χ4n) is 2.84. The number of ether oxygens (including phenoxy) is 3. The number of amides is 1. The van der Waals surface area contributed by atoms with Gasteiger partial charge in [0.1, 0.15) is 23.9 Å². The molecule has 28 heavy (non-hydrogen) atoms. The molecule has 0 spiro atoms. The SMILES string of the molecule is COc1ccc(C(=O)Nc2ccc3c(c2)OCCO3)cc1S(=O)(=O)NC1CC1. The first-order chi connectivity index (χ1) is 13.5. The number of benzene rings is 2. The highest BCUT2D eigenvalue weighted by molar-refractivity contribution is 7.89. The van der Waals surface area contributed by atoms with Gasteiger partial charge in [-0.25, -0.2) is 13.1 Å². The third-order valence-corrected chi connectivity index (χ3v) is 5.96. The van der Waals surface area contributed by atoms with Crippen molar-refractivity contribution < 1.29 is 27.4 Å². The Morgan fingerprint density at radius 1 is 1.07 bits per heavy atom. The predicted molar refractivity (Wildman–Crippen MR) is 102 cm³/mol. The summed E-state index contributed by atoms with van der Waals surface area (Å²) >= 11 is 0. The topological polar surface area (TPSA) is 103 Å². The Hall–Kier alpha value is -2.78. The minimum Gasteiger partial charge on any atom is -0.495 e. The molecule has 1 fully saturated rings. The molecule has 4 rings (SSSR count). The summed E-state index contributed by atoms with van der Waals surface area (Å²) in [7, 11) is -2.38. The van der Waals surface area contributed by atoms with E-state index in [1.165, 1.54) is 25.3 Å². The number of carbonyl (C=O) groups is 1. The zero-order valence-corrected chi connectivity index (χ0v) is 16.0. The van der Waals surface area contributed by atoms with Crippen molar-refractivity contribution in [3.8, 4) is 17.2 Å². The van der Waals surface area contributed by atoms with E-state index in [1.807, 2.05) is 0 Å². The molecule has 148 valence electrons. The molecule has 2 aromatic rings. The number of nitrogens with one attached hydrogen (secondary N) is 2. The van der Waals surface area contributed by atoms with Crippen molar-refractivity contribution in [2.75, 3.05) is 25.6 Å². The second-order valence-electron chi connectivity index (χ2n) is 6.57. The van der Waals surface area contributed by atoms with Gasteiger partial charge in [0, 0.05) is 23.4 Å². The lowest BCUT2D eigenvalue weighted by molar-refractivity contribution is 0.102. The van der Waals surface area contributed by atoms with Gasteiger partial charge in [-0.05, 0) is 43.2 Å². The van der Waals surface area contributed by atoms with Crippen LogP contribution in [0.4, 0.5) is 5.69 Å². The molecule has 1 amide bonds. The summed E-state index contributed by atoms with van der Waals surface area (Å²) in [5.74, 6) is 0.912. The molecule has 0 atom stereocenters. The molecule has 0 radical (unpaired) electrons. The maximum atomic E-state index is 12.7. The van der Waals surface area contributed by atoms with Crippen LogP contribution < -0.4 is 24.2 Å². The number of anilines is 1. The van der Waals surface area contributed by atoms with Gasteiger partial charge in [-0.3, -0.25) is 4.79 Å². The lowest BCUT2D eigenvalue weighted by Crippen LogP contribution is -2.26. The molecule has 8 nitrogen and oxygen atoms in total. The van der Waals surface area contributed by atoms with Gasteiger partial charge >= 0.3 is 0 Å². The van der Waals surface area contributed by atoms with Crippen LogP contribution in [0.5, 0.6) is 17.2 Å². The van der Waals surface area contributed by atoms with Crippen molar-refractivity contribution >= 4 is 21.6 Å². The zero-order chi connectivity index (χ0) is 19.7. The van der Waals surface area contributed by atoms with Crippen LogP contribution in [0.1, 0.15) is 23.2 Å². The smallest absolute Gasteiger partial charge is 0.255 e. The molecule has 2 aliphatic rings. The van der Waals surface area contributed by atoms with Gasteiger partial charge in [0.25, 0.3) is 5.91 Å². The van der Waals surface area contributed by atoms with E-state index in [1.54, 1.807) is 18.2 Å². The summed E-state index contributed by atoms with van der Waals surface area (Å²) in [6.45, 7) is 0.925. The molecule has 2 N–H and O–H groups in total. The summed E-state index contributed by atoms with van der Waals surface area (Å²) in [6, 6.07) is 9.33. The molecular formula is C19H20N2O6S. The zero-order valence-electron chi connectivity index (χ0n) is 15.2. The average Bonchev–Trinajstić information content (AvgIpc) is 3.50. The van der Waals surface area contributed by atoms with Crippen molar-refractivity contribution in [3.05, 3.63) is 42.0 Å². The number of fused-ring (bicyclic) bond motifs is 1. The van der Waals surface area contributed by atoms with Crippen molar-refractivity contribution in [2.24, 2.45) is 0 Å². The quantitative estimate of drug-likeness (QED) is 0.765. The number of carbonyl (C=O) groups excluding carboxylic acids is 1. The maximum Gasteiger partial charge on any atom is 0.255 e. The lowest BCUT2D eigenvalue weighted by Gasteiger charge is -2.19. The van der Waals surface area contributed by atoms with Crippen LogP contribution in [0.25, 0.3) is 0 Å². The molecule has 9 heteroatoms. The summed E-state index contributed by atoms with van der Waals surface area (Å²) in [5.41, 5.74) is 0.720. The first-order valence-corrected chi connectivity index (χ1v) is 10.4. The van der Waals surface area contributed by atoms with Gasteiger partial charge in [-0.15, -0.1) is 0 Å². The molecule has 1 saturated carbocycles. The second kappa shape index (κ2) is 7.33. The normalized spacial score (nSPS) is 15.8. The number of hydrogen-bond acceptors (Lipinski definition) is 6. The van der Waals surface area contributed by atoms with Gasteiger partial charge in [0.2, 0.25) is 10.0 Å². The third kappa shape index (κ3) is 3.90. The highest BCUT2D eigenvalue weighted by Crippen LogP contribution is 2.33. The van der Waals surface area contributed by atoms with Crippen LogP contribution in [0.3, 0.4) is 0 Å². The number of rotatable bonds is 6. The van der Waals surface area contributed by atoms with Gasteiger partial charge in [0.15, 0.2) is 11.5 Å². The first-order valence-electron chi connectivity index (χ1n) is 8.87. The van der Waals surface area contributed by atoms with Crippen molar-refractivity contribution in [1.82, 2.24) is 4.72 Å². The Labute approximate surface area is 162 Å². The highest BCUT2D eigenvalue weighted by atomic mass is 32.2. The molecule has 2 aromatic carbocycles. The molecule has 1 heterocycles. The number of methoxy groups -OCH3 is 1. The molecule has 0 unspecified atom stereocenters. The van der Waals surface area contributed by atoms with Crippen LogP contribution >= 0.6 is 0 Å². The fourth-order valence-corrected chi connectivity index (χ4v) is 4.34. The van der Waals surface area contributed by atoms with Crippen molar-refractivity contribution in [2.45, 2.75) is 23.8 Å². The number of hydrogen-bond donors (Lipinski definition) is 2. The minimum atomic E-state index is -3.77. The summed E-state index contributed by atoms with van der Waals surface area (Å²) in [4.78, 5) is 12.6. The summed E-state index contributed by atoms with van der Waals surface area (Å²) < 4.78 is 43.9. The number of sulfonamides is 1. The van der Waals surface area contributed by atoms with E-state index in [2.05, 4.69) is 10.0 Å². The Morgan fingerprint density at radius 3 is 2.54 bits per heavy atom. The molecule has 0 saturated heterocycles. The van der Waals surface area contributed by atoms with Crippen LogP contribution in [-0.2, 0) is 10.0 Å².